The van der Waals surface area contributed by atoms with E-state index in [4.69, 9.17) is 10.2 Å². The summed E-state index contributed by atoms with van der Waals surface area (Å²) in [6.45, 7) is 2.81. The Morgan fingerprint density at radius 2 is 0.971 bits per heavy atom. The second kappa shape index (κ2) is 15.4. The van der Waals surface area contributed by atoms with Crippen LogP contribution in [0.2, 0.25) is 0 Å². The Morgan fingerprint density at radius 3 is 1.31 bits per heavy atom. The monoisotopic (exact) mass is 574 g/mol. The van der Waals surface area contributed by atoms with Crippen molar-refractivity contribution in [3.8, 4) is 11.5 Å². The summed E-state index contributed by atoms with van der Waals surface area (Å²) < 4.78 is 0. The van der Waals surface area contributed by atoms with E-state index in [0.29, 0.717) is 50.6 Å². The molecule has 3 rings (SSSR count). The van der Waals surface area contributed by atoms with Gasteiger partial charge in [0.2, 0.25) is 11.6 Å². The van der Waals surface area contributed by atoms with Gasteiger partial charge in [-0.15, -0.1) is 0 Å². The number of nitrogens with two attached hydrogens (primary N) is 2. The first-order chi connectivity index (χ1) is 16.5. The van der Waals surface area contributed by atoms with Gasteiger partial charge in [0.25, 0.3) is 0 Å². The van der Waals surface area contributed by atoms with Crippen molar-refractivity contribution in [2.45, 2.75) is 0 Å². The van der Waals surface area contributed by atoms with Crippen molar-refractivity contribution in [1.29, 1.82) is 0 Å². The number of carbonyl (C=O) groups excluding carboxylic acids is 2. The summed E-state index contributed by atoms with van der Waals surface area (Å²) in [5, 5.41) is 50.6. The second-order valence-corrected chi connectivity index (χ2v) is 7.22. The van der Waals surface area contributed by atoms with E-state index in [9.17, 15) is 19.8 Å². The minimum Gasteiger partial charge on any atom is -0.507 e. The van der Waals surface area contributed by atoms with Gasteiger partial charge in [-0.2, -0.15) is 0 Å². The van der Waals surface area contributed by atoms with Crippen LogP contribution in [0.3, 0.4) is 0 Å². The predicted octanol–water partition coefficient (Wildman–Crippen LogP) is -1.32. The Labute approximate surface area is 217 Å². The minimum absolute atomic E-state index is 0. The molecule has 0 unspecified atom stereocenters. The van der Waals surface area contributed by atoms with E-state index in [2.05, 4.69) is 33.0 Å². The fourth-order valence-electron chi connectivity index (χ4n) is 3.64. The smallest absolute Gasteiger partial charge is 0.200 e. The number of hydrogen-bond acceptors (Lipinski definition) is 12. The van der Waals surface area contributed by atoms with E-state index in [0.717, 1.165) is 0 Å². The molecule has 0 atom stereocenters. The zero-order valence-electron chi connectivity index (χ0n) is 19.1. The molecule has 2 aromatic rings. The van der Waals surface area contributed by atoms with Crippen LogP contribution in [0.4, 0.5) is 11.4 Å². The summed E-state index contributed by atoms with van der Waals surface area (Å²) >= 11 is 0. The van der Waals surface area contributed by atoms with Gasteiger partial charge in [0, 0.05) is 71.7 Å². The number of aromatic hydroxyl groups is 2. The van der Waals surface area contributed by atoms with Crippen LogP contribution in [0.25, 0.3) is 0 Å². The van der Waals surface area contributed by atoms with Gasteiger partial charge in [-0.25, -0.2) is 0 Å². The van der Waals surface area contributed by atoms with E-state index in [1.165, 1.54) is 12.1 Å². The number of anilines is 2. The van der Waals surface area contributed by atoms with Gasteiger partial charge in [0.05, 0.1) is 35.5 Å². The number of nitrogens with one attached hydrogen (secondary N) is 4. The molecule has 0 heterocycles. The maximum Gasteiger partial charge on any atom is 0.200 e. The van der Waals surface area contributed by atoms with Gasteiger partial charge in [0.1, 0.15) is 11.5 Å². The number of aliphatic hydroxyl groups excluding tert-OH is 2. The molecule has 192 valence electrons. The van der Waals surface area contributed by atoms with Crippen molar-refractivity contribution in [2.24, 2.45) is 11.7 Å². The average Bonchev–Trinajstić information content (AvgIpc) is 2.85. The molecule has 0 aliphatic heterocycles. The molecule has 0 spiro atoms. The number of phenolic OH excluding ortho intramolecular Hbond substituents is 2. The fourth-order valence-corrected chi connectivity index (χ4v) is 3.64. The normalized spacial score (nSPS) is 11.5. The van der Waals surface area contributed by atoms with Crippen LogP contribution in [0.5, 0.6) is 11.5 Å². The minimum atomic E-state index is -0.559. The van der Waals surface area contributed by atoms with Crippen molar-refractivity contribution in [3.05, 3.63) is 46.5 Å². The van der Waals surface area contributed by atoms with Gasteiger partial charge in [-0.3, -0.25) is 21.3 Å². The fraction of sp³-hybridized carbons (Fsp3) is 0.364. The maximum atomic E-state index is 13.4. The molecule has 0 saturated heterocycles. The molecule has 0 saturated carbocycles. The Morgan fingerprint density at radius 1 is 0.600 bits per heavy atom. The second-order valence-electron chi connectivity index (χ2n) is 7.22. The third kappa shape index (κ3) is 7.21. The number of hydrazine groups is 1. The van der Waals surface area contributed by atoms with Crippen molar-refractivity contribution in [1.82, 2.24) is 10.6 Å². The summed E-state index contributed by atoms with van der Waals surface area (Å²) in [6, 6.07) is 5.74. The molecule has 1 aliphatic carbocycles. The van der Waals surface area contributed by atoms with E-state index < -0.39 is 11.6 Å². The SMILES string of the molecule is NN.O=C1c2c(O)ccc(O)c2C(=O)c2c(NCCNCCO)ccc(NCCNCCO)c21.[Mo]. The van der Waals surface area contributed by atoms with Crippen LogP contribution in [-0.2, 0) is 21.1 Å². The van der Waals surface area contributed by atoms with Crippen LogP contribution in [-0.4, -0.2) is 84.5 Å². The zero-order chi connectivity index (χ0) is 25.1. The molecule has 0 fully saturated rings. The summed E-state index contributed by atoms with van der Waals surface area (Å²) in [5.74, 6) is 6.14. The van der Waals surface area contributed by atoms with Crippen LogP contribution in [0.15, 0.2) is 24.3 Å². The largest absolute Gasteiger partial charge is 0.507 e. The number of carbonyl (C=O) groups is 2. The molecule has 13 heteroatoms. The molecular formula is C22H32MoN6O6. The number of rotatable bonds is 12. The van der Waals surface area contributed by atoms with Crippen LogP contribution < -0.4 is 33.0 Å². The Bertz CT molecular complexity index is 929. The molecule has 12 N–H and O–H groups in total. The molecule has 0 aromatic heterocycles. The third-order valence-corrected chi connectivity index (χ3v) is 5.09. The summed E-state index contributed by atoms with van der Waals surface area (Å²) in [6.07, 6.45) is 0. The Kier molecular flexibility index (Phi) is 13.4. The van der Waals surface area contributed by atoms with Crippen molar-refractivity contribution in [2.75, 3.05) is 63.1 Å². The van der Waals surface area contributed by atoms with Crippen molar-refractivity contribution < 1.29 is 51.1 Å². The predicted molar refractivity (Wildman–Crippen MR) is 128 cm³/mol. The van der Waals surface area contributed by atoms with Gasteiger partial charge >= 0.3 is 0 Å². The number of aliphatic hydroxyl groups is 2. The number of hydrogen-bond donors (Lipinski definition) is 10. The maximum absolute atomic E-state index is 13.4. The standard InChI is InChI=1S/C22H28N4O6.Mo.H4N2/c27-11-9-23-5-7-25-13-1-2-14(26-8-6-24-10-12-28)18-17(13)21(31)19-15(29)3-4-16(30)20(19)22(18)32;;1-2/h1-4,23-30H,5-12H2;;1-2H2. The van der Waals surface area contributed by atoms with Crippen molar-refractivity contribution in [3.63, 3.8) is 0 Å². The van der Waals surface area contributed by atoms with E-state index in [1.807, 2.05) is 0 Å². The van der Waals surface area contributed by atoms with Crippen LogP contribution in [0.1, 0.15) is 31.8 Å². The van der Waals surface area contributed by atoms with E-state index in [-0.39, 0.29) is 68.0 Å². The molecule has 1 aliphatic rings. The number of benzene rings is 2. The molecule has 2 aromatic carbocycles. The van der Waals surface area contributed by atoms with E-state index in [1.54, 1.807) is 12.1 Å². The van der Waals surface area contributed by atoms with Crippen LogP contribution in [0, 0.1) is 0 Å². The quantitative estimate of drug-likeness (QED) is 0.0402. The summed E-state index contributed by atoms with van der Waals surface area (Å²) in [7, 11) is 0. The van der Waals surface area contributed by atoms with Gasteiger partial charge in [-0.1, -0.05) is 0 Å². The van der Waals surface area contributed by atoms with Crippen LogP contribution >= 0.6 is 0 Å². The first-order valence-electron chi connectivity index (χ1n) is 10.8. The third-order valence-electron chi connectivity index (χ3n) is 5.09. The zero-order valence-corrected chi connectivity index (χ0v) is 21.1. The Balaban J connectivity index is 0.00000199. The molecular weight excluding hydrogens is 540 g/mol. The molecule has 0 radical (unpaired) electrons. The molecule has 0 amide bonds. The number of fused-ring (bicyclic) bond motifs is 2. The Hall–Kier alpha value is -2.57. The van der Waals surface area contributed by atoms with Gasteiger partial charge in [-0.05, 0) is 24.3 Å². The topological polar surface area (TPSA) is 215 Å². The molecule has 12 nitrogen and oxygen atoms in total. The van der Waals surface area contributed by atoms with Crippen molar-refractivity contribution >= 4 is 22.9 Å². The molecule has 35 heavy (non-hydrogen) atoms. The summed E-state index contributed by atoms with van der Waals surface area (Å²) in [4.78, 5) is 26.7. The first kappa shape index (κ1) is 30.5. The van der Waals surface area contributed by atoms with E-state index >= 15 is 0 Å². The number of phenols is 2. The average molecular weight is 572 g/mol. The van der Waals surface area contributed by atoms with Gasteiger partial charge < -0.3 is 41.7 Å². The first-order valence-corrected chi connectivity index (χ1v) is 10.8. The molecule has 0 bridgehead atoms. The number of ketones is 2. The van der Waals surface area contributed by atoms with Gasteiger partial charge in [0.15, 0.2) is 0 Å². The summed E-state index contributed by atoms with van der Waals surface area (Å²) in [5.41, 5.74) is 0.678.